The van der Waals surface area contributed by atoms with Crippen LogP contribution in [0.3, 0.4) is 0 Å². The van der Waals surface area contributed by atoms with Gasteiger partial charge in [0, 0.05) is 6.07 Å². The van der Waals surface area contributed by atoms with Crippen molar-refractivity contribution in [2.24, 2.45) is 0 Å². The summed E-state index contributed by atoms with van der Waals surface area (Å²) in [5.74, 6) is -0.445. The summed E-state index contributed by atoms with van der Waals surface area (Å²) >= 11 is 3.14. The summed E-state index contributed by atoms with van der Waals surface area (Å²) in [7, 11) is 1.24. The topological polar surface area (TPSA) is 68.4 Å². The van der Waals surface area contributed by atoms with Gasteiger partial charge in [-0.3, -0.25) is 4.79 Å². The Morgan fingerprint density at radius 3 is 2.80 bits per heavy atom. The number of hydrogen-bond donors (Lipinski definition) is 1. The van der Waals surface area contributed by atoms with Gasteiger partial charge in [-0.1, -0.05) is 0 Å². The Hall–Kier alpha value is -1.30. The molecule has 0 aliphatic heterocycles. The lowest BCUT2D eigenvalue weighted by atomic mass is 10.3. The molecule has 0 bridgehead atoms. The zero-order valence-electron chi connectivity index (χ0n) is 8.30. The molecule has 0 fully saturated rings. The predicted molar refractivity (Wildman–Crippen MR) is 57.3 cm³/mol. The molecule has 1 aromatic rings. The third-order valence-electron chi connectivity index (χ3n) is 1.65. The second kappa shape index (κ2) is 4.97. The summed E-state index contributed by atoms with van der Waals surface area (Å²) in [6.07, 6.45) is 0. The van der Waals surface area contributed by atoms with E-state index < -0.39 is 11.5 Å². The average Bonchev–Trinajstić information content (AvgIpc) is 2.22. The van der Waals surface area contributed by atoms with Crippen LogP contribution >= 0.6 is 15.9 Å². The molecule has 0 spiro atoms. The van der Waals surface area contributed by atoms with Gasteiger partial charge in [0.05, 0.1) is 18.2 Å². The van der Waals surface area contributed by atoms with Gasteiger partial charge in [-0.15, -0.1) is 0 Å². The number of carbonyl (C=O) groups is 1. The van der Waals surface area contributed by atoms with Crippen molar-refractivity contribution in [1.29, 1.82) is 0 Å². The molecule has 0 aliphatic carbocycles. The predicted octanol–water partition coefficient (Wildman–Crippen LogP) is 1.32. The monoisotopic (exact) mass is 275 g/mol. The number of aromatic nitrogens is 1. The van der Waals surface area contributed by atoms with Crippen LogP contribution < -0.4 is 10.3 Å². The lowest BCUT2D eigenvalue weighted by Gasteiger charge is -2.05. The van der Waals surface area contributed by atoms with Crippen LogP contribution in [-0.2, 0) is 4.74 Å². The molecule has 0 saturated carbocycles. The summed E-state index contributed by atoms with van der Waals surface area (Å²) in [5, 5.41) is 0. The lowest BCUT2D eigenvalue weighted by molar-refractivity contribution is 0.0592. The number of carbonyl (C=O) groups excluding carboxylic acids is 1. The van der Waals surface area contributed by atoms with Crippen molar-refractivity contribution in [2.45, 2.75) is 6.92 Å². The summed E-state index contributed by atoms with van der Waals surface area (Å²) < 4.78 is 9.98. The second-order valence-corrected chi connectivity index (χ2v) is 3.46. The first-order chi connectivity index (χ1) is 7.10. The SMILES string of the molecule is CCOc1cc(Br)c(C(=O)OC)[nH]c1=O. The van der Waals surface area contributed by atoms with Crippen LogP contribution in [-0.4, -0.2) is 24.7 Å². The van der Waals surface area contributed by atoms with Crippen molar-refractivity contribution >= 4 is 21.9 Å². The Bertz CT molecular complexity index is 427. The molecule has 82 valence electrons. The molecule has 0 unspecified atom stereocenters. The highest BCUT2D eigenvalue weighted by molar-refractivity contribution is 9.10. The van der Waals surface area contributed by atoms with E-state index >= 15 is 0 Å². The molecular weight excluding hydrogens is 266 g/mol. The van der Waals surface area contributed by atoms with Gasteiger partial charge in [-0.25, -0.2) is 4.79 Å². The van der Waals surface area contributed by atoms with Crippen molar-refractivity contribution in [3.05, 3.63) is 26.6 Å². The van der Waals surface area contributed by atoms with Crippen LogP contribution in [0.1, 0.15) is 17.4 Å². The van der Waals surface area contributed by atoms with E-state index in [0.29, 0.717) is 11.1 Å². The Labute approximate surface area is 94.5 Å². The molecule has 0 saturated heterocycles. The number of nitrogens with one attached hydrogen (secondary N) is 1. The maximum atomic E-state index is 11.4. The van der Waals surface area contributed by atoms with Crippen LogP contribution in [0.5, 0.6) is 5.75 Å². The molecule has 1 rings (SSSR count). The Kier molecular flexibility index (Phi) is 3.90. The number of aromatic amines is 1. The van der Waals surface area contributed by atoms with Crippen LogP contribution in [0.2, 0.25) is 0 Å². The highest BCUT2D eigenvalue weighted by atomic mass is 79.9. The average molecular weight is 276 g/mol. The minimum absolute atomic E-state index is 0.0750. The molecule has 0 atom stereocenters. The zero-order valence-corrected chi connectivity index (χ0v) is 9.88. The standard InChI is InChI=1S/C9H10BrNO4/c1-3-15-6-4-5(10)7(9(13)14-2)11-8(6)12/h4H,3H2,1-2H3,(H,11,12). The van der Waals surface area contributed by atoms with E-state index in [1.807, 2.05) is 0 Å². The van der Waals surface area contributed by atoms with Crippen LogP contribution in [0.15, 0.2) is 15.3 Å². The Morgan fingerprint density at radius 1 is 1.60 bits per heavy atom. The van der Waals surface area contributed by atoms with Crippen LogP contribution in [0.25, 0.3) is 0 Å². The zero-order chi connectivity index (χ0) is 11.4. The minimum Gasteiger partial charge on any atom is -0.488 e. The number of H-pyrrole nitrogens is 1. The van der Waals surface area contributed by atoms with Gasteiger partial charge >= 0.3 is 5.97 Å². The number of esters is 1. The number of hydrogen-bond acceptors (Lipinski definition) is 4. The molecule has 0 aromatic carbocycles. The normalized spacial score (nSPS) is 9.80. The summed E-state index contributed by atoms with van der Waals surface area (Å²) in [6.45, 7) is 2.15. The van der Waals surface area contributed by atoms with Gasteiger partial charge in [-0.2, -0.15) is 0 Å². The maximum absolute atomic E-state index is 11.4. The molecule has 0 aliphatic rings. The maximum Gasteiger partial charge on any atom is 0.355 e. The fraction of sp³-hybridized carbons (Fsp3) is 0.333. The second-order valence-electron chi connectivity index (χ2n) is 2.61. The van der Waals surface area contributed by atoms with Gasteiger partial charge in [-0.05, 0) is 22.9 Å². The van der Waals surface area contributed by atoms with E-state index in [-0.39, 0.29) is 11.4 Å². The number of pyridine rings is 1. The van der Waals surface area contributed by atoms with Crippen molar-refractivity contribution < 1.29 is 14.3 Å². The molecule has 1 N–H and O–H groups in total. The van der Waals surface area contributed by atoms with Crippen molar-refractivity contribution in [2.75, 3.05) is 13.7 Å². The van der Waals surface area contributed by atoms with Gasteiger partial charge in [0.25, 0.3) is 5.56 Å². The third kappa shape index (κ3) is 2.59. The Balaban J connectivity index is 3.19. The number of rotatable bonds is 3. The molecule has 5 nitrogen and oxygen atoms in total. The van der Waals surface area contributed by atoms with E-state index in [0.717, 1.165) is 0 Å². The fourth-order valence-electron chi connectivity index (χ4n) is 1.00. The van der Waals surface area contributed by atoms with Crippen LogP contribution in [0, 0.1) is 0 Å². The number of methoxy groups -OCH3 is 1. The van der Waals surface area contributed by atoms with Crippen molar-refractivity contribution in [3.8, 4) is 5.75 Å². The number of halogens is 1. The van der Waals surface area contributed by atoms with E-state index in [4.69, 9.17) is 4.74 Å². The molecule has 6 heteroatoms. The fourth-order valence-corrected chi connectivity index (χ4v) is 1.47. The first-order valence-electron chi connectivity index (χ1n) is 4.24. The smallest absolute Gasteiger partial charge is 0.355 e. The molecular formula is C9H10BrNO4. The van der Waals surface area contributed by atoms with E-state index in [9.17, 15) is 9.59 Å². The minimum atomic E-state index is -0.609. The van der Waals surface area contributed by atoms with Gasteiger partial charge < -0.3 is 14.5 Å². The Morgan fingerprint density at radius 2 is 2.27 bits per heavy atom. The van der Waals surface area contributed by atoms with Gasteiger partial charge in [0.2, 0.25) is 0 Å². The molecule has 15 heavy (non-hydrogen) atoms. The molecule has 0 radical (unpaired) electrons. The quantitative estimate of drug-likeness (QED) is 0.845. The van der Waals surface area contributed by atoms with E-state index in [1.165, 1.54) is 13.2 Å². The third-order valence-corrected chi connectivity index (χ3v) is 2.27. The van der Waals surface area contributed by atoms with E-state index in [2.05, 4.69) is 25.7 Å². The highest BCUT2D eigenvalue weighted by Gasteiger charge is 2.14. The highest BCUT2D eigenvalue weighted by Crippen LogP contribution is 2.18. The summed E-state index contributed by atoms with van der Waals surface area (Å²) in [4.78, 5) is 25.0. The lowest BCUT2D eigenvalue weighted by Crippen LogP contribution is -2.17. The molecule has 1 heterocycles. The van der Waals surface area contributed by atoms with Crippen molar-refractivity contribution in [1.82, 2.24) is 4.98 Å². The van der Waals surface area contributed by atoms with Crippen molar-refractivity contribution in [3.63, 3.8) is 0 Å². The number of ether oxygens (including phenoxy) is 2. The van der Waals surface area contributed by atoms with E-state index in [1.54, 1.807) is 6.92 Å². The molecule has 0 amide bonds. The van der Waals surface area contributed by atoms with Gasteiger partial charge in [0.1, 0.15) is 5.69 Å². The first kappa shape index (κ1) is 11.8. The largest absolute Gasteiger partial charge is 0.488 e. The first-order valence-corrected chi connectivity index (χ1v) is 5.03. The van der Waals surface area contributed by atoms with Crippen LogP contribution in [0.4, 0.5) is 0 Å². The summed E-state index contributed by atoms with van der Waals surface area (Å²) in [5.41, 5.74) is -0.383. The summed E-state index contributed by atoms with van der Waals surface area (Å²) in [6, 6.07) is 1.44. The molecule has 1 aromatic heterocycles. The van der Waals surface area contributed by atoms with Gasteiger partial charge in [0.15, 0.2) is 5.75 Å².